The van der Waals surface area contributed by atoms with Gasteiger partial charge in [-0.05, 0) is 19.1 Å². The molecule has 0 bridgehead atoms. The molecule has 1 saturated heterocycles. The Balaban J connectivity index is 1.37. The molecule has 1 aliphatic rings. The fraction of sp³-hybridized carbons (Fsp3) is 0.192. The van der Waals surface area contributed by atoms with E-state index >= 15 is 0 Å². The number of urea groups is 1. The van der Waals surface area contributed by atoms with Gasteiger partial charge in [-0.3, -0.25) is 0 Å². The summed E-state index contributed by atoms with van der Waals surface area (Å²) in [5.41, 5.74) is 1.78. The van der Waals surface area contributed by atoms with Crippen molar-refractivity contribution in [3.8, 4) is 11.3 Å². The van der Waals surface area contributed by atoms with Crippen LogP contribution in [0.3, 0.4) is 0 Å². The number of fused-ring (bicyclic) bond motifs is 1. The lowest BCUT2D eigenvalue weighted by molar-refractivity contribution is 0.200. The van der Waals surface area contributed by atoms with Gasteiger partial charge in [-0.1, -0.05) is 54.6 Å². The van der Waals surface area contributed by atoms with Crippen molar-refractivity contribution in [3.63, 3.8) is 0 Å². The highest BCUT2D eigenvalue weighted by atomic mass is 19.1. The molecular weight excluding hydrogens is 436 g/mol. The fourth-order valence-electron chi connectivity index (χ4n) is 4.35. The highest BCUT2D eigenvalue weighted by Gasteiger charge is 2.29. The number of benzene rings is 3. The van der Waals surface area contributed by atoms with Crippen LogP contribution < -0.4 is 10.2 Å². The van der Waals surface area contributed by atoms with Gasteiger partial charge in [-0.2, -0.15) is 0 Å². The van der Waals surface area contributed by atoms with Crippen molar-refractivity contribution < 1.29 is 13.6 Å². The molecule has 1 unspecified atom stereocenters. The molecule has 1 aliphatic heterocycles. The van der Waals surface area contributed by atoms with Gasteiger partial charge in [0.1, 0.15) is 17.3 Å². The molecule has 0 spiro atoms. The summed E-state index contributed by atoms with van der Waals surface area (Å²) in [6, 6.07) is 20.6. The molecule has 172 valence electrons. The standard InChI is InChI=1S/C26H23F2N5O/c1-17-16-32(26(34)29-23-12-11-19(27)15-22(23)28)13-14-33(17)25-21-10-6-5-9-20(21)24(30-31-25)18-7-3-2-4-8-18/h2-12,15,17H,13-14,16H2,1H3,(H,29,34). The topological polar surface area (TPSA) is 61.4 Å². The Morgan fingerprint density at radius 2 is 1.68 bits per heavy atom. The first-order chi connectivity index (χ1) is 16.5. The first-order valence-corrected chi connectivity index (χ1v) is 11.1. The molecule has 2 amide bonds. The van der Waals surface area contributed by atoms with Crippen LogP contribution >= 0.6 is 0 Å². The minimum Gasteiger partial charge on any atom is -0.348 e. The number of hydrogen-bond donors (Lipinski definition) is 1. The first-order valence-electron chi connectivity index (χ1n) is 11.1. The molecule has 6 nitrogen and oxygen atoms in total. The second kappa shape index (κ2) is 9.05. The summed E-state index contributed by atoms with van der Waals surface area (Å²) in [6.07, 6.45) is 0. The lowest BCUT2D eigenvalue weighted by atomic mass is 10.0. The van der Waals surface area contributed by atoms with Crippen LogP contribution in [0.1, 0.15) is 6.92 Å². The van der Waals surface area contributed by atoms with Crippen LogP contribution in [0.15, 0.2) is 72.8 Å². The predicted octanol–water partition coefficient (Wildman–Crippen LogP) is 5.32. The van der Waals surface area contributed by atoms with Gasteiger partial charge in [0.25, 0.3) is 0 Å². The quantitative estimate of drug-likeness (QED) is 0.451. The number of piperazine rings is 1. The zero-order valence-corrected chi connectivity index (χ0v) is 18.6. The lowest BCUT2D eigenvalue weighted by Crippen LogP contribution is -2.55. The Kier molecular flexibility index (Phi) is 5.79. The van der Waals surface area contributed by atoms with Crippen molar-refractivity contribution in [2.24, 2.45) is 0 Å². The molecule has 4 aromatic rings. The highest BCUT2D eigenvalue weighted by molar-refractivity contribution is 6.00. The van der Waals surface area contributed by atoms with E-state index in [1.165, 1.54) is 6.07 Å². The number of aromatic nitrogens is 2. The molecular formula is C26H23F2N5O. The lowest BCUT2D eigenvalue weighted by Gasteiger charge is -2.40. The monoisotopic (exact) mass is 459 g/mol. The Morgan fingerprint density at radius 3 is 2.41 bits per heavy atom. The summed E-state index contributed by atoms with van der Waals surface area (Å²) in [4.78, 5) is 16.5. The number of rotatable bonds is 3. The third kappa shape index (κ3) is 4.14. The fourth-order valence-corrected chi connectivity index (χ4v) is 4.35. The molecule has 0 radical (unpaired) electrons. The second-order valence-electron chi connectivity index (χ2n) is 8.33. The minimum atomic E-state index is -0.805. The smallest absolute Gasteiger partial charge is 0.322 e. The largest absolute Gasteiger partial charge is 0.348 e. The number of halogens is 2. The van der Waals surface area contributed by atoms with Crippen LogP contribution in [0.25, 0.3) is 22.0 Å². The molecule has 34 heavy (non-hydrogen) atoms. The van der Waals surface area contributed by atoms with Crippen LogP contribution in [0.2, 0.25) is 0 Å². The summed E-state index contributed by atoms with van der Waals surface area (Å²) in [5, 5.41) is 13.7. The Hall–Kier alpha value is -4.07. The number of carbonyl (C=O) groups excluding carboxylic acids is 1. The third-order valence-electron chi connectivity index (χ3n) is 6.07. The van der Waals surface area contributed by atoms with Crippen LogP contribution in [0.4, 0.5) is 25.1 Å². The van der Waals surface area contributed by atoms with Crippen LogP contribution in [0, 0.1) is 11.6 Å². The second-order valence-corrected chi connectivity index (χ2v) is 8.33. The molecule has 1 aromatic heterocycles. The van der Waals surface area contributed by atoms with E-state index in [9.17, 15) is 13.6 Å². The molecule has 3 aromatic carbocycles. The van der Waals surface area contributed by atoms with Crippen molar-refractivity contribution in [1.29, 1.82) is 0 Å². The molecule has 0 aliphatic carbocycles. The van der Waals surface area contributed by atoms with Crippen LogP contribution in [0.5, 0.6) is 0 Å². The number of nitrogens with zero attached hydrogens (tertiary/aromatic N) is 4. The molecule has 1 N–H and O–H groups in total. The van der Waals surface area contributed by atoms with Gasteiger partial charge in [0.15, 0.2) is 5.82 Å². The number of hydrogen-bond acceptors (Lipinski definition) is 4. The molecule has 1 fully saturated rings. The van der Waals surface area contributed by atoms with Crippen molar-refractivity contribution in [2.45, 2.75) is 13.0 Å². The minimum absolute atomic E-state index is 0.0437. The van der Waals surface area contributed by atoms with E-state index in [1.54, 1.807) is 4.90 Å². The Bertz CT molecular complexity index is 1350. The number of nitrogens with one attached hydrogen (secondary N) is 1. The Labute approximate surface area is 195 Å². The SMILES string of the molecule is CC1CN(C(=O)Nc2ccc(F)cc2F)CCN1c1nnc(-c2ccccc2)c2ccccc12. The van der Waals surface area contributed by atoms with E-state index in [0.29, 0.717) is 19.6 Å². The van der Waals surface area contributed by atoms with Crippen LogP contribution in [-0.2, 0) is 0 Å². The molecule has 5 rings (SSSR count). The van der Waals surface area contributed by atoms with Gasteiger partial charge < -0.3 is 15.1 Å². The van der Waals surface area contributed by atoms with E-state index in [0.717, 1.165) is 40.0 Å². The third-order valence-corrected chi connectivity index (χ3v) is 6.07. The van der Waals surface area contributed by atoms with E-state index < -0.39 is 17.7 Å². The van der Waals surface area contributed by atoms with Gasteiger partial charge >= 0.3 is 6.03 Å². The van der Waals surface area contributed by atoms with E-state index in [-0.39, 0.29) is 11.7 Å². The van der Waals surface area contributed by atoms with Gasteiger partial charge in [0.05, 0.1) is 5.69 Å². The van der Waals surface area contributed by atoms with Crippen molar-refractivity contribution in [1.82, 2.24) is 15.1 Å². The average molecular weight is 460 g/mol. The first kappa shape index (κ1) is 21.8. The maximum Gasteiger partial charge on any atom is 0.322 e. The van der Waals surface area contributed by atoms with Gasteiger partial charge in [-0.25, -0.2) is 13.6 Å². The summed E-state index contributed by atoms with van der Waals surface area (Å²) in [5.74, 6) is -0.725. The number of amides is 2. The molecule has 1 atom stereocenters. The summed E-state index contributed by atoms with van der Waals surface area (Å²) < 4.78 is 27.1. The molecule has 2 heterocycles. The zero-order chi connectivity index (χ0) is 23.7. The van der Waals surface area contributed by atoms with E-state index in [4.69, 9.17) is 0 Å². The molecule has 0 saturated carbocycles. The highest BCUT2D eigenvalue weighted by Crippen LogP contribution is 2.32. The van der Waals surface area contributed by atoms with Gasteiger partial charge in [-0.15, -0.1) is 10.2 Å². The van der Waals surface area contributed by atoms with Gasteiger partial charge in [0, 0.05) is 48.1 Å². The van der Waals surface area contributed by atoms with Crippen LogP contribution in [-0.4, -0.2) is 46.8 Å². The van der Waals surface area contributed by atoms with E-state index in [1.807, 2.05) is 61.5 Å². The normalized spacial score (nSPS) is 16.0. The predicted molar refractivity (Wildman–Crippen MR) is 129 cm³/mol. The van der Waals surface area contributed by atoms with Crippen molar-refractivity contribution in [3.05, 3.63) is 84.4 Å². The molecule has 8 heteroatoms. The van der Waals surface area contributed by atoms with E-state index in [2.05, 4.69) is 20.4 Å². The van der Waals surface area contributed by atoms with Gasteiger partial charge in [0.2, 0.25) is 0 Å². The maximum atomic E-state index is 13.9. The average Bonchev–Trinajstić information content (AvgIpc) is 2.85. The summed E-state index contributed by atoms with van der Waals surface area (Å²) in [6.45, 7) is 3.41. The summed E-state index contributed by atoms with van der Waals surface area (Å²) >= 11 is 0. The summed E-state index contributed by atoms with van der Waals surface area (Å²) in [7, 11) is 0. The maximum absolute atomic E-state index is 13.9. The number of anilines is 2. The zero-order valence-electron chi connectivity index (χ0n) is 18.6. The Morgan fingerprint density at radius 1 is 0.941 bits per heavy atom. The van der Waals surface area contributed by atoms with Crippen molar-refractivity contribution >= 4 is 28.3 Å². The number of carbonyl (C=O) groups is 1. The van der Waals surface area contributed by atoms with Crippen molar-refractivity contribution in [2.75, 3.05) is 29.9 Å².